The number of hydrogen-bond donors (Lipinski definition) is 1. The zero-order chi connectivity index (χ0) is 19.8. The second kappa shape index (κ2) is 9.78. The van der Waals surface area contributed by atoms with E-state index in [1.807, 2.05) is 55.5 Å². The van der Waals surface area contributed by atoms with Gasteiger partial charge >= 0.3 is 5.97 Å². The van der Waals surface area contributed by atoms with Crippen molar-refractivity contribution in [2.45, 2.75) is 32.2 Å². The Hall–Kier alpha value is -3.02. The highest BCUT2D eigenvalue weighted by Gasteiger charge is 2.22. The monoisotopic (exact) mass is 383 g/mol. The van der Waals surface area contributed by atoms with Gasteiger partial charge in [0.1, 0.15) is 11.5 Å². The van der Waals surface area contributed by atoms with Crippen molar-refractivity contribution >= 4 is 11.9 Å². The fourth-order valence-electron chi connectivity index (χ4n) is 3.06. The van der Waals surface area contributed by atoms with Crippen molar-refractivity contribution in [2.24, 2.45) is 0 Å². The molecule has 1 heterocycles. The number of para-hydroxylation sites is 1. The number of hydrogen-bond acceptors (Lipinski definition) is 5. The minimum atomic E-state index is -0.407. The van der Waals surface area contributed by atoms with Crippen LogP contribution in [0.4, 0.5) is 0 Å². The molecular weight excluding hydrogens is 358 g/mol. The molecule has 6 nitrogen and oxygen atoms in total. The van der Waals surface area contributed by atoms with Crippen molar-refractivity contribution in [3.63, 3.8) is 0 Å². The molecule has 148 valence electrons. The van der Waals surface area contributed by atoms with Gasteiger partial charge in [-0.05, 0) is 37.1 Å². The molecular formula is C22H25NO5. The van der Waals surface area contributed by atoms with Gasteiger partial charge in [-0.25, -0.2) is 0 Å². The summed E-state index contributed by atoms with van der Waals surface area (Å²) in [5.74, 6) is 0.843. The summed E-state index contributed by atoms with van der Waals surface area (Å²) in [5, 5.41) is 2.90. The fourth-order valence-corrected chi connectivity index (χ4v) is 3.06. The van der Waals surface area contributed by atoms with Gasteiger partial charge in [0, 0.05) is 18.4 Å². The second-order valence-electron chi connectivity index (χ2n) is 6.72. The van der Waals surface area contributed by atoms with E-state index in [1.165, 1.54) is 0 Å². The molecule has 0 bridgehead atoms. The molecule has 1 N–H and O–H groups in total. The molecule has 1 aliphatic heterocycles. The van der Waals surface area contributed by atoms with Gasteiger partial charge in [-0.15, -0.1) is 0 Å². The van der Waals surface area contributed by atoms with E-state index < -0.39 is 5.97 Å². The lowest BCUT2D eigenvalue weighted by molar-refractivity contribution is -0.149. The lowest BCUT2D eigenvalue weighted by Crippen LogP contribution is -2.35. The molecule has 0 aromatic heterocycles. The molecule has 0 radical (unpaired) electrons. The number of carbonyl (C=O) groups is 2. The van der Waals surface area contributed by atoms with Crippen LogP contribution in [0, 0.1) is 6.92 Å². The lowest BCUT2D eigenvalue weighted by Gasteiger charge is -2.26. The van der Waals surface area contributed by atoms with Crippen LogP contribution in [0.25, 0.3) is 0 Å². The highest BCUT2D eigenvalue weighted by atomic mass is 16.5. The molecule has 0 spiro atoms. The quantitative estimate of drug-likeness (QED) is 0.559. The molecule has 0 saturated carbocycles. The van der Waals surface area contributed by atoms with E-state index in [2.05, 4.69) is 5.32 Å². The topological polar surface area (TPSA) is 73.9 Å². The first-order valence-corrected chi connectivity index (χ1v) is 9.48. The predicted octanol–water partition coefficient (Wildman–Crippen LogP) is 3.34. The summed E-state index contributed by atoms with van der Waals surface area (Å²) < 4.78 is 16.2. The molecule has 6 heteroatoms. The zero-order valence-electron chi connectivity index (χ0n) is 16.0. The summed E-state index contributed by atoms with van der Waals surface area (Å²) in [6.45, 7) is 2.68. The Morgan fingerprint density at radius 3 is 2.89 bits per heavy atom. The summed E-state index contributed by atoms with van der Waals surface area (Å²) in [6, 6.07) is 15.2. The van der Waals surface area contributed by atoms with Gasteiger partial charge in [0.2, 0.25) is 0 Å². The minimum Gasteiger partial charge on any atom is -0.494 e. The number of esters is 1. The molecule has 2 aromatic carbocycles. The third kappa shape index (κ3) is 5.74. The summed E-state index contributed by atoms with van der Waals surface area (Å²) in [6.07, 6.45) is 1.42. The maximum Gasteiger partial charge on any atom is 0.306 e. The maximum atomic E-state index is 12.1. The van der Waals surface area contributed by atoms with Crippen LogP contribution in [0.15, 0.2) is 48.5 Å². The first kappa shape index (κ1) is 19.7. The van der Waals surface area contributed by atoms with Crippen LogP contribution < -0.4 is 14.8 Å². The number of benzene rings is 2. The van der Waals surface area contributed by atoms with Gasteiger partial charge in [0.25, 0.3) is 5.91 Å². The van der Waals surface area contributed by atoms with Crippen molar-refractivity contribution < 1.29 is 23.8 Å². The number of amides is 1. The summed E-state index contributed by atoms with van der Waals surface area (Å²) in [5.41, 5.74) is 2.07. The minimum absolute atomic E-state index is 0.126. The van der Waals surface area contributed by atoms with Crippen molar-refractivity contribution in [2.75, 3.05) is 19.8 Å². The van der Waals surface area contributed by atoms with Gasteiger partial charge in [-0.3, -0.25) is 9.59 Å². The fraction of sp³-hybridized carbons (Fsp3) is 0.364. The SMILES string of the molecule is Cc1cccc(OCCCC(=O)OCC(=O)NC2CCOc3ccccc32)c1. The normalized spacial score (nSPS) is 15.1. The number of carbonyl (C=O) groups excluding carboxylic acids is 2. The highest BCUT2D eigenvalue weighted by Crippen LogP contribution is 2.31. The Balaban J connectivity index is 1.34. The second-order valence-corrected chi connectivity index (χ2v) is 6.72. The van der Waals surface area contributed by atoms with Crippen molar-refractivity contribution in [3.05, 3.63) is 59.7 Å². The van der Waals surface area contributed by atoms with Crippen molar-refractivity contribution in [3.8, 4) is 11.5 Å². The average molecular weight is 383 g/mol. The summed E-state index contributed by atoms with van der Waals surface area (Å²) >= 11 is 0. The third-order valence-corrected chi connectivity index (χ3v) is 4.44. The number of ether oxygens (including phenoxy) is 3. The molecule has 0 aliphatic carbocycles. The largest absolute Gasteiger partial charge is 0.494 e. The Morgan fingerprint density at radius 1 is 1.18 bits per heavy atom. The number of fused-ring (bicyclic) bond motifs is 1. The van der Waals surface area contributed by atoms with E-state index in [1.54, 1.807) is 0 Å². The Kier molecular flexibility index (Phi) is 6.89. The Morgan fingerprint density at radius 2 is 2.04 bits per heavy atom. The molecule has 28 heavy (non-hydrogen) atoms. The highest BCUT2D eigenvalue weighted by molar-refractivity contribution is 5.81. The maximum absolute atomic E-state index is 12.1. The number of nitrogens with one attached hydrogen (secondary N) is 1. The molecule has 1 aliphatic rings. The van der Waals surface area contributed by atoms with Crippen LogP contribution in [-0.4, -0.2) is 31.7 Å². The van der Waals surface area contributed by atoms with E-state index in [0.29, 0.717) is 26.1 Å². The van der Waals surface area contributed by atoms with Gasteiger partial charge in [-0.2, -0.15) is 0 Å². The summed E-state index contributed by atoms with van der Waals surface area (Å²) in [7, 11) is 0. The van der Waals surface area contributed by atoms with E-state index in [0.717, 1.165) is 22.6 Å². The molecule has 1 atom stereocenters. The molecule has 1 unspecified atom stereocenters. The molecule has 0 fully saturated rings. The van der Waals surface area contributed by atoms with Gasteiger partial charge in [0.05, 0.1) is 19.3 Å². The predicted molar refractivity (Wildman–Crippen MR) is 104 cm³/mol. The summed E-state index contributed by atoms with van der Waals surface area (Å²) in [4.78, 5) is 23.9. The van der Waals surface area contributed by atoms with Gasteiger partial charge in [-0.1, -0.05) is 30.3 Å². The van der Waals surface area contributed by atoms with Gasteiger partial charge < -0.3 is 19.5 Å². The first-order valence-electron chi connectivity index (χ1n) is 9.48. The third-order valence-electron chi connectivity index (χ3n) is 4.44. The average Bonchev–Trinajstić information content (AvgIpc) is 2.70. The Bertz CT molecular complexity index is 820. The van der Waals surface area contributed by atoms with Crippen LogP contribution in [-0.2, 0) is 14.3 Å². The van der Waals surface area contributed by atoms with Crippen LogP contribution in [0.2, 0.25) is 0 Å². The molecule has 2 aromatic rings. The van der Waals surface area contributed by atoms with E-state index >= 15 is 0 Å². The Labute approximate surface area is 164 Å². The first-order chi connectivity index (χ1) is 13.6. The van der Waals surface area contributed by atoms with Crippen LogP contribution in [0.3, 0.4) is 0 Å². The standard InChI is InChI=1S/C22H25NO5/c1-16-6-4-7-17(14-16)26-12-5-10-22(25)28-15-21(24)23-19-11-13-27-20-9-3-2-8-18(19)20/h2-4,6-9,14,19H,5,10-13,15H2,1H3,(H,23,24). The molecule has 1 amide bonds. The number of aryl methyl sites for hydroxylation is 1. The van der Waals surface area contributed by atoms with Crippen LogP contribution >= 0.6 is 0 Å². The van der Waals surface area contributed by atoms with Crippen LogP contribution in [0.5, 0.6) is 11.5 Å². The zero-order valence-corrected chi connectivity index (χ0v) is 16.0. The lowest BCUT2D eigenvalue weighted by atomic mass is 10.0. The van der Waals surface area contributed by atoms with Crippen molar-refractivity contribution in [1.82, 2.24) is 5.32 Å². The van der Waals surface area contributed by atoms with Crippen LogP contribution in [0.1, 0.15) is 36.4 Å². The molecule has 3 rings (SSSR count). The van der Waals surface area contributed by atoms with E-state index in [-0.39, 0.29) is 25.0 Å². The van der Waals surface area contributed by atoms with Crippen molar-refractivity contribution in [1.29, 1.82) is 0 Å². The molecule has 0 saturated heterocycles. The van der Waals surface area contributed by atoms with Gasteiger partial charge in [0.15, 0.2) is 6.61 Å². The van der Waals surface area contributed by atoms with E-state index in [9.17, 15) is 9.59 Å². The number of rotatable bonds is 8. The smallest absolute Gasteiger partial charge is 0.306 e. The van der Waals surface area contributed by atoms with E-state index in [4.69, 9.17) is 14.2 Å².